The summed E-state index contributed by atoms with van der Waals surface area (Å²) in [7, 11) is 0. The molecule has 0 aliphatic heterocycles. The highest BCUT2D eigenvalue weighted by Gasteiger charge is 2.19. The van der Waals surface area contributed by atoms with Gasteiger partial charge in [-0.05, 0) is 24.1 Å². The molecule has 0 heterocycles. The second-order valence-electron chi connectivity index (χ2n) is 4.06. The van der Waals surface area contributed by atoms with E-state index in [9.17, 15) is 9.18 Å². The van der Waals surface area contributed by atoms with E-state index in [2.05, 4.69) is 5.32 Å². The van der Waals surface area contributed by atoms with Crippen molar-refractivity contribution in [1.82, 2.24) is 0 Å². The van der Waals surface area contributed by atoms with Crippen molar-refractivity contribution in [1.29, 1.82) is 0 Å². The third kappa shape index (κ3) is 3.98. The molecule has 1 aromatic rings. The lowest BCUT2D eigenvalue weighted by Gasteiger charge is -2.17. The maximum absolute atomic E-state index is 13.0. The summed E-state index contributed by atoms with van der Waals surface area (Å²) in [5.41, 5.74) is 6.07. The SMILES string of the molecule is CC[C@H](C)[C@H](N)C(=O)Nc1cc(F)cc(Cl)c1. The summed E-state index contributed by atoms with van der Waals surface area (Å²) in [6.07, 6.45) is 0.804. The lowest BCUT2D eigenvalue weighted by molar-refractivity contribution is -0.118. The van der Waals surface area contributed by atoms with E-state index in [1.165, 1.54) is 18.2 Å². The summed E-state index contributed by atoms with van der Waals surface area (Å²) in [4.78, 5) is 11.7. The monoisotopic (exact) mass is 258 g/mol. The van der Waals surface area contributed by atoms with Gasteiger partial charge in [-0.2, -0.15) is 0 Å². The molecule has 1 amide bonds. The van der Waals surface area contributed by atoms with Crippen LogP contribution in [0.15, 0.2) is 18.2 Å². The van der Waals surface area contributed by atoms with Crippen LogP contribution >= 0.6 is 11.6 Å². The zero-order valence-corrected chi connectivity index (χ0v) is 10.6. The van der Waals surface area contributed by atoms with Gasteiger partial charge in [0.25, 0.3) is 0 Å². The Morgan fingerprint density at radius 3 is 2.71 bits per heavy atom. The van der Waals surface area contributed by atoms with Gasteiger partial charge < -0.3 is 11.1 Å². The van der Waals surface area contributed by atoms with E-state index in [1.807, 2.05) is 13.8 Å². The highest BCUT2D eigenvalue weighted by Crippen LogP contribution is 2.18. The van der Waals surface area contributed by atoms with E-state index in [-0.39, 0.29) is 16.8 Å². The zero-order valence-electron chi connectivity index (χ0n) is 9.84. The van der Waals surface area contributed by atoms with Gasteiger partial charge in [0.15, 0.2) is 0 Å². The molecule has 3 N–H and O–H groups in total. The fourth-order valence-corrected chi connectivity index (χ4v) is 1.59. The van der Waals surface area contributed by atoms with Crippen LogP contribution in [0.1, 0.15) is 20.3 Å². The van der Waals surface area contributed by atoms with Gasteiger partial charge in [-0.25, -0.2) is 4.39 Å². The summed E-state index contributed by atoms with van der Waals surface area (Å²) in [5, 5.41) is 2.78. The van der Waals surface area contributed by atoms with Crippen molar-refractivity contribution in [2.24, 2.45) is 11.7 Å². The molecule has 0 bridgehead atoms. The van der Waals surface area contributed by atoms with Crippen LogP contribution in [0.3, 0.4) is 0 Å². The van der Waals surface area contributed by atoms with Gasteiger partial charge in [-0.3, -0.25) is 4.79 Å². The van der Waals surface area contributed by atoms with E-state index in [0.29, 0.717) is 5.69 Å². The first kappa shape index (κ1) is 13.9. The molecule has 1 aromatic carbocycles. The molecule has 17 heavy (non-hydrogen) atoms. The standard InChI is InChI=1S/C12H16ClFN2O/c1-3-7(2)11(15)12(17)16-10-5-8(13)4-9(14)6-10/h4-7,11H,3,15H2,1-2H3,(H,16,17)/t7-,11-/m0/s1. The highest BCUT2D eigenvalue weighted by molar-refractivity contribution is 6.30. The molecule has 0 aromatic heterocycles. The molecule has 0 aliphatic rings. The number of nitrogens with one attached hydrogen (secondary N) is 1. The van der Waals surface area contributed by atoms with E-state index < -0.39 is 11.9 Å². The maximum Gasteiger partial charge on any atom is 0.241 e. The van der Waals surface area contributed by atoms with Crippen molar-refractivity contribution in [3.8, 4) is 0 Å². The molecule has 0 saturated heterocycles. The maximum atomic E-state index is 13.0. The Balaban J connectivity index is 2.74. The van der Waals surface area contributed by atoms with Gasteiger partial charge >= 0.3 is 0 Å². The molecular weight excluding hydrogens is 243 g/mol. The molecule has 0 spiro atoms. The Labute approximate surface area is 105 Å². The number of benzene rings is 1. The summed E-state index contributed by atoms with van der Waals surface area (Å²) in [6.45, 7) is 3.85. The number of carbonyl (C=O) groups excluding carboxylic acids is 1. The number of hydrogen-bond donors (Lipinski definition) is 2. The lowest BCUT2D eigenvalue weighted by atomic mass is 9.99. The average Bonchev–Trinajstić information content (AvgIpc) is 2.25. The number of nitrogens with two attached hydrogens (primary N) is 1. The normalized spacial score (nSPS) is 14.2. The lowest BCUT2D eigenvalue weighted by Crippen LogP contribution is -2.40. The largest absolute Gasteiger partial charge is 0.325 e. The van der Waals surface area contributed by atoms with Crippen molar-refractivity contribution in [2.75, 3.05) is 5.32 Å². The van der Waals surface area contributed by atoms with Crippen LogP contribution in [0.2, 0.25) is 5.02 Å². The van der Waals surface area contributed by atoms with Gasteiger partial charge in [-0.15, -0.1) is 0 Å². The van der Waals surface area contributed by atoms with Crippen molar-refractivity contribution in [2.45, 2.75) is 26.3 Å². The second-order valence-corrected chi connectivity index (χ2v) is 4.50. The third-order valence-electron chi connectivity index (χ3n) is 2.69. The summed E-state index contributed by atoms with van der Waals surface area (Å²) in [5.74, 6) is -0.759. The molecule has 94 valence electrons. The minimum absolute atomic E-state index is 0.0685. The van der Waals surface area contributed by atoms with Crippen LogP contribution in [0, 0.1) is 11.7 Å². The van der Waals surface area contributed by atoms with Gasteiger partial charge in [-0.1, -0.05) is 31.9 Å². The Kier molecular flexibility index (Phi) is 4.90. The van der Waals surface area contributed by atoms with E-state index in [0.717, 1.165) is 6.42 Å². The first-order valence-corrected chi connectivity index (χ1v) is 5.84. The second kappa shape index (κ2) is 5.98. The molecular formula is C12H16ClFN2O. The molecule has 0 radical (unpaired) electrons. The minimum Gasteiger partial charge on any atom is -0.325 e. The van der Waals surface area contributed by atoms with Crippen LogP contribution in [0.5, 0.6) is 0 Å². The van der Waals surface area contributed by atoms with Gasteiger partial charge in [0.2, 0.25) is 5.91 Å². The first-order valence-electron chi connectivity index (χ1n) is 5.46. The Bertz CT molecular complexity index is 391. The molecule has 0 fully saturated rings. The predicted molar refractivity (Wildman–Crippen MR) is 67.5 cm³/mol. The summed E-state index contributed by atoms with van der Waals surface area (Å²) < 4.78 is 13.0. The van der Waals surface area contributed by atoms with E-state index in [4.69, 9.17) is 17.3 Å². The fourth-order valence-electron chi connectivity index (χ4n) is 1.36. The summed E-state index contributed by atoms with van der Waals surface area (Å²) in [6, 6.07) is 3.24. The van der Waals surface area contributed by atoms with E-state index >= 15 is 0 Å². The Morgan fingerprint density at radius 1 is 1.53 bits per heavy atom. The van der Waals surface area contributed by atoms with Crippen LogP contribution in [-0.2, 0) is 4.79 Å². The topological polar surface area (TPSA) is 55.1 Å². The van der Waals surface area contributed by atoms with Crippen LogP contribution in [-0.4, -0.2) is 11.9 Å². The van der Waals surface area contributed by atoms with Crippen molar-refractivity contribution >= 4 is 23.2 Å². The molecule has 0 saturated carbocycles. The number of anilines is 1. The van der Waals surface area contributed by atoms with Crippen LogP contribution in [0.25, 0.3) is 0 Å². The van der Waals surface area contributed by atoms with Gasteiger partial charge in [0, 0.05) is 10.7 Å². The van der Waals surface area contributed by atoms with Crippen LogP contribution in [0.4, 0.5) is 10.1 Å². The Hall–Kier alpha value is -1.13. The van der Waals surface area contributed by atoms with E-state index in [1.54, 1.807) is 0 Å². The first-order chi connectivity index (χ1) is 7.93. The molecule has 2 atom stereocenters. The number of halogens is 2. The molecule has 5 heteroatoms. The Morgan fingerprint density at radius 2 is 2.18 bits per heavy atom. The van der Waals surface area contributed by atoms with Gasteiger partial charge in [0.05, 0.1) is 6.04 Å². The number of hydrogen-bond acceptors (Lipinski definition) is 2. The minimum atomic E-state index is -0.609. The number of rotatable bonds is 4. The molecule has 0 unspecified atom stereocenters. The molecule has 3 nitrogen and oxygen atoms in total. The summed E-state index contributed by atoms with van der Waals surface area (Å²) >= 11 is 5.68. The molecule has 0 aliphatic carbocycles. The third-order valence-corrected chi connectivity index (χ3v) is 2.91. The fraction of sp³-hybridized carbons (Fsp3) is 0.417. The number of carbonyl (C=O) groups is 1. The van der Waals surface area contributed by atoms with Crippen molar-refractivity contribution < 1.29 is 9.18 Å². The number of amides is 1. The van der Waals surface area contributed by atoms with Crippen molar-refractivity contribution in [3.05, 3.63) is 29.0 Å². The van der Waals surface area contributed by atoms with Crippen molar-refractivity contribution in [3.63, 3.8) is 0 Å². The smallest absolute Gasteiger partial charge is 0.241 e. The highest BCUT2D eigenvalue weighted by atomic mass is 35.5. The van der Waals surface area contributed by atoms with Gasteiger partial charge in [0.1, 0.15) is 5.82 Å². The molecule has 1 rings (SSSR count). The zero-order chi connectivity index (χ0) is 13.0. The quantitative estimate of drug-likeness (QED) is 0.873. The van der Waals surface area contributed by atoms with Crippen LogP contribution < -0.4 is 11.1 Å². The average molecular weight is 259 g/mol. The predicted octanol–water partition coefficient (Wildman–Crippen LogP) is 2.79.